The van der Waals surface area contributed by atoms with E-state index in [2.05, 4.69) is 39.6 Å². The Bertz CT molecular complexity index is 83.1. The predicted molar refractivity (Wildman–Crippen MR) is 47.6 cm³/mol. The van der Waals surface area contributed by atoms with Gasteiger partial charge in [-0.3, -0.25) is 0 Å². The lowest BCUT2D eigenvalue weighted by molar-refractivity contribution is 0.234. The largest absolute Gasteiger partial charge is 0.414 e. The Morgan fingerprint density at radius 2 is 1.89 bits per heavy atom. The lowest BCUT2D eigenvalue weighted by atomic mass is 10.5. The van der Waals surface area contributed by atoms with Crippen LogP contribution in [0.1, 0.15) is 13.8 Å². The van der Waals surface area contributed by atoms with Crippen LogP contribution >= 0.6 is 12.6 Å². The Kier molecular flexibility index (Phi) is 3.85. The fourth-order valence-electron chi connectivity index (χ4n) is 0.675. The van der Waals surface area contributed by atoms with Crippen LogP contribution in [0.15, 0.2) is 0 Å². The van der Waals surface area contributed by atoms with Crippen LogP contribution in [0.5, 0.6) is 0 Å². The minimum Gasteiger partial charge on any atom is -0.414 e. The van der Waals surface area contributed by atoms with E-state index >= 15 is 0 Å². The minimum atomic E-state index is -1.38. The SMILES string of the molecule is CC(C)O[Si](C)(C)CS. The molecule has 3 heteroatoms. The molecular formula is C6H16OSSi. The maximum Gasteiger partial charge on any atom is 0.196 e. The van der Waals surface area contributed by atoms with Gasteiger partial charge in [0, 0.05) is 11.5 Å². The molecule has 0 heterocycles. The van der Waals surface area contributed by atoms with Crippen molar-refractivity contribution in [1.29, 1.82) is 0 Å². The summed E-state index contributed by atoms with van der Waals surface area (Å²) in [6.07, 6.45) is 0.360. The number of rotatable bonds is 3. The monoisotopic (exact) mass is 164 g/mol. The van der Waals surface area contributed by atoms with Crippen molar-refractivity contribution in [3.63, 3.8) is 0 Å². The summed E-state index contributed by atoms with van der Waals surface area (Å²) in [7, 11) is -1.38. The molecule has 0 rings (SSSR count). The van der Waals surface area contributed by atoms with Gasteiger partial charge in [0.15, 0.2) is 8.32 Å². The van der Waals surface area contributed by atoms with Crippen molar-refractivity contribution in [2.75, 3.05) is 5.38 Å². The molecule has 9 heavy (non-hydrogen) atoms. The molecule has 1 nitrogen and oxygen atoms in total. The lowest BCUT2D eigenvalue weighted by Crippen LogP contribution is -2.35. The Morgan fingerprint density at radius 3 is 2.00 bits per heavy atom. The molecule has 0 aliphatic rings. The zero-order valence-corrected chi connectivity index (χ0v) is 8.53. The van der Waals surface area contributed by atoms with Crippen molar-refractivity contribution in [3.05, 3.63) is 0 Å². The van der Waals surface area contributed by atoms with Crippen LogP contribution in [0, 0.1) is 0 Å². The first-order valence-corrected chi connectivity index (χ1v) is 7.01. The highest BCUT2D eigenvalue weighted by molar-refractivity contribution is 7.82. The number of thiol groups is 1. The summed E-state index contributed by atoms with van der Waals surface area (Å²) in [5, 5.41) is 0.908. The highest BCUT2D eigenvalue weighted by atomic mass is 32.1. The van der Waals surface area contributed by atoms with E-state index in [9.17, 15) is 0 Å². The first kappa shape index (κ1) is 9.53. The smallest absolute Gasteiger partial charge is 0.196 e. The molecule has 0 unspecified atom stereocenters. The Morgan fingerprint density at radius 1 is 1.44 bits per heavy atom. The summed E-state index contributed by atoms with van der Waals surface area (Å²) in [4.78, 5) is 0. The van der Waals surface area contributed by atoms with Gasteiger partial charge in [-0.15, -0.1) is 0 Å². The Hall–Kier alpha value is 0.527. The van der Waals surface area contributed by atoms with Gasteiger partial charge >= 0.3 is 0 Å². The van der Waals surface area contributed by atoms with Crippen LogP contribution < -0.4 is 0 Å². The highest BCUT2D eigenvalue weighted by Gasteiger charge is 2.20. The molecule has 0 aromatic carbocycles. The van der Waals surface area contributed by atoms with E-state index in [0.717, 1.165) is 5.38 Å². The third-order valence-corrected chi connectivity index (χ3v) is 5.09. The van der Waals surface area contributed by atoms with Crippen molar-refractivity contribution in [2.24, 2.45) is 0 Å². The molecule has 0 atom stereocenters. The third kappa shape index (κ3) is 5.00. The maximum absolute atomic E-state index is 5.65. The molecular weight excluding hydrogens is 148 g/mol. The van der Waals surface area contributed by atoms with E-state index in [0.29, 0.717) is 6.10 Å². The van der Waals surface area contributed by atoms with Crippen molar-refractivity contribution in [1.82, 2.24) is 0 Å². The second kappa shape index (κ2) is 3.64. The van der Waals surface area contributed by atoms with Gasteiger partial charge in [-0.2, -0.15) is 12.6 Å². The first-order valence-electron chi connectivity index (χ1n) is 3.26. The molecule has 0 fully saturated rings. The molecule has 0 bridgehead atoms. The normalized spacial score (nSPS) is 12.7. The summed E-state index contributed by atoms with van der Waals surface area (Å²) in [6, 6.07) is 0. The fraction of sp³-hybridized carbons (Fsp3) is 1.00. The molecule has 0 N–H and O–H groups in total. The van der Waals surface area contributed by atoms with Gasteiger partial charge in [0.1, 0.15) is 0 Å². The second-order valence-corrected chi connectivity index (χ2v) is 8.10. The van der Waals surface area contributed by atoms with E-state index in [1.165, 1.54) is 0 Å². The van der Waals surface area contributed by atoms with Crippen molar-refractivity contribution >= 4 is 20.9 Å². The summed E-state index contributed by atoms with van der Waals surface area (Å²) in [6.45, 7) is 8.50. The van der Waals surface area contributed by atoms with Crippen molar-refractivity contribution < 1.29 is 4.43 Å². The van der Waals surface area contributed by atoms with Crippen LogP contribution in [-0.2, 0) is 4.43 Å². The van der Waals surface area contributed by atoms with Gasteiger partial charge in [0.2, 0.25) is 0 Å². The van der Waals surface area contributed by atoms with Gasteiger partial charge < -0.3 is 4.43 Å². The zero-order valence-electron chi connectivity index (χ0n) is 6.64. The quantitative estimate of drug-likeness (QED) is 0.496. The molecule has 0 saturated heterocycles. The number of hydrogen-bond donors (Lipinski definition) is 1. The maximum atomic E-state index is 5.65. The van der Waals surface area contributed by atoms with Crippen LogP contribution in [0.2, 0.25) is 13.1 Å². The molecule has 0 spiro atoms. The zero-order chi connectivity index (χ0) is 7.49. The molecule has 0 aromatic rings. The molecule has 0 aliphatic carbocycles. The second-order valence-electron chi connectivity index (χ2n) is 3.08. The van der Waals surface area contributed by atoms with Gasteiger partial charge in [-0.05, 0) is 26.9 Å². The van der Waals surface area contributed by atoms with Crippen molar-refractivity contribution in [3.8, 4) is 0 Å². The van der Waals surface area contributed by atoms with E-state index in [-0.39, 0.29) is 0 Å². The average Bonchev–Trinajstić information content (AvgIpc) is 1.63. The van der Waals surface area contributed by atoms with Gasteiger partial charge in [0.25, 0.3) is 0 Å². The molecule has 0 amide bonds. The first-order chi connectivity index (χ1) is 3.98. The summed E-state index contributed by atoms with van der Waals surface area (Å²) >= 11 is 4.21. The predicted octanol–water partition coefficient (Wildman–Crippen LogP) is 2.09. The average molecular weight is 164 g/mol. The Labute approximate surface area is 64.3 Å². The van der Waals surface area contributed by atoms with E-state index in [1.807, 2.05) is 0 Å². The van der Waals surface area contributed by atoms with Gasteiger partial charge in [-0.25, -0.2) is 0 Å². The van der Waals surface area contributed by atoms with E-state index < -0.39 is 8.32 Å². The minimum absolute atomic E-state index is 0.360. The highest BCUT2D eigenvalue weighted by Crippen LogP contribution is 2.08. The van der Waals surface area contributed by atoms with Gasteiger partial charge in [0.05, 0.1) is 0 Å². The van der Waals surface area contributed by atoms with E-state index in [4.69, 9.17) is 4.43 Å². The molecule has 56 valence electrons. The van der Waals surface area contributed by atoms with Crippen molar-refractivity contribution in [2.45, 2.75) is 33.0 Å². The summed E-state index contributed by atoms with van der Waals surface area (Å²) in [5.41, 5.74) is 0. The standard InChI is InChI=1S/C6H16OSSi/c1-6(2)7-9(3,4)5-8/h6,8H,5H2,1-4H3. The van der Waals surface area contributed by atoms with Crippen LogP contribution in [0.4, 0.5) is 0 Å². The lowest BCUT2D eigenvalue weighted by Gasteiger charge is -2.22. The van der Waals surface area contributed by atoms with E-state index in [1.54, 1.807) is 0 Å². The number of hydrogen-bond acceptors (Lipinski definition) is 2. The molecule has 0 aliphatic heterocycles. The Balaban J connectivity index is 3.58. The topological polar surface area (TPSA) is 9.23 Å². The summed E-state index contributed by atoms with van der Waals surface area (Å²) < 4.78 is 5.65. The van der Waals surface area contributed by atoms with Crippen LogP contribution in [-0.4, -0.2) is 19.8 Å². The molecule has 0 radical (unpaired) electrons. The third-order valence-electron chi connectivity index (χ3n) is 0.936. The van der Waals surface area contributed by atoms with Crippen LogP contribution in [0.3, 0.4) is 0 Å². The molecule has 0 aromatic heterocycles. The fourth-order valence-corrected chi connectivity index (χ4v) is 2.25. The molecule has 0 saturated carbocycles. The van der Waals surface area contributed by atoms with Gasteiger partial charge in [-0.1, -0.05) is 0 Å². The summed E-state index contributed by atoms with van der Waals surface area (Å²) in [5.74, 6) is 0. The van der Waals surface area contributed by atoms with Crippen LogP contribution in [0.25, 0.3) is 0 Å².